The van der Waals surface area contributed by atoms with Crippen molar-refractivity contribution in [3.63, 3.8) is 0 Å². The molecule has 0 saturated heterocycles. The Labute approximate surface area is 170 Å². The first-order chi connectivity index (χ1) is 14.4. The van der Waals surface area contributed by atoms with Crippen LogP contribution in [0.25, 0.3) is 0 Å². The topological polar surface area (TPSA) is 24.8 Å². The van der Waals surface area contributed by atoms with Crippen molar-refractivity contribution in [1.82, 2.24) is 0 Å². The second kappa shape index (κ2) is 7.64. The van der Waals surface area contributed by atoms with Gasteiger partial charge in [-0.05, 0) is 54.6 Å². The molecule has 0 amide bonds. The third-order valence-electron chi connectivity index (χ3n) is 4.96. The Morgan fingerprint density at radius 2 is 1.24 bits per heavy atom. The van der Waals surface area contributed by atoms with Gasteiger partial charge in [0.2, 0.25) is 0 Å². The Bertz CT molecular complexity index is 1140. The molecule has 0 atom stereocenters. The van der Waals surface area contributed by atoms with Crippen molar-refractivity contribution in [2.75, 3.05) is 11.4 Å². The highest BCUT2D eigenvalue weighted by molar-refractivity contribution is 6.14. The molecule has 3 heteroatoms. The van der Waals surface area contributed by atoms with Gasteiger partial charge in [0.25, 0.3) is 0 Å². The van der Waals surface area contributed by atoms with Crippen molar-refractivity contribution in [2.24, 2.45) is 4.99 Å². The summed E-state index contributed by atoms with van der Waals surface area (Å²) in [7, 11) is 0. The lowest BCUT2D eigenvalue weighted by Crippen LogP contribution is -2.16. The molecule has 140 valence electrons. The van der Waals surface area contributed by atoms with Gasteiger partial charge in [0, 0.05) is 11.3 Å². The van der Waals surface area contributed by atoms with Crippen LogP contribution < -0.4 is 9.64 Å². The minimum Gasteiger partial charge on any atom is -0.457 e. The van der Waals surface area contributed by atoms with E-state index in [0.717, 1.165) is 29.4 Å². The van der Waals surface area contributed by atoms with Crippen LogP contribution in [0, 0.1) is 0 Å². The van der Waals surface area contributed by atoms with Crippen LogP contribution >= 0.6 is 0 Å². The van der Waals surface area contributed by atoms with E-state index in [9.17, 15) is 0 Å². The summed E-state index contributed by atoms with van der Waals surface area (Å²) in [5.41, 5.74) is 5.55. The van der Waals surface area contributed by atoms with E-state index in [4.69, 9.17) is 9.73 Å². The largest absolute Gasteiger partial charge is 0.457 e. The molecule has 0 bridgehead atoms. The van der Waals surface area contributed by atoms with Gasteiger partial charge in [-0.3, -0.25) is 4.99 Å². The summed E-state index contributed by atoms with van der Waals surface area (Å²) in [4.78, 5) is 7.25. The fraction of sp³-hybridized carbons (Fsp3) is 0.0385. The molecule has 1 aliphatic rings. The molecule has 3 nitrogen and oxygen atoms in total. The van der Waals surface area contributed by atoms with Gasteiger partial charge in [0.1, 0.15) is 11.5 Å². The predicted octanol–water partition coefficient (Wildman–Crippen LogP) is 6.75. The molecule has 29 heavy (non-hydrogen) atoms. The van der Waals surface area contributed by atoms with E-state index in [1.807, 2.05) is 60.7 Å². The molecular weight excluding hydrogens is 356 g/mol. The Morgan fingerprint density at radius 3 is 2.00 bits per heavy atom. The molecule has 0 aliphatic carbocycles. The Morgan fingerprint density at radius 1 is 0.621 bits per heavy atom. The number of rotatable bonds is 4. The van der Waals surface area contributed by atoms with Crippen LogP contribution in [0.1, 0.15) is 5.56 Å². The molecule has 0 radical (unpaired) electrons. The highest BCUT2D eigenvalue weighted by atomic mass is 16.5. The molecule has 1 heterocycles. The van der Waals surface area contributed by atoms with E-state index in [-0.39, 0.29) is 0 Å². The number of hydrogen-bond donors (Lipinski definition) is 0. The van der Waals surface area contributed by atoms with Crippen LogP contribution in [0.2, 0.25) is 0 Å². The second-order valence-electron chi connectivity index (χ2n) is 6.91. The molecule has 0 aromatic heterocycles. The first-order valence-electron chi connectivity index (χ1n) is 9.69. The quantitative estimate of drug-likeness (QED) is 0.393. The molecule has 1 aliphatic heterocycles. The zero-order valence-electron chi connectivity index (χ0n) is 15.9. The number of aliphatic imine (C=N–C) groups is 1. The number of para-hydroxylation sites is 3. The summed E-state index contributed by atoms with van der Waals surface area (Å²) < 4.78 is 5.88. The van der Waals surface area contributed by atoms with Crippen molar-refractivity contribution in [3.05, 3.63) is 115 Å². The molecule has 4 aromatic rings. The molecule has 4 aromatic carbocycles. The molecule has 0 spiro atoms. The number of fused-ring (bicyclic) bond motifs is 1. The normalized spacial score (nSPS) is 14.1. The first kappa shape index (κ1) is 17.3. The summed E-state index contributed by atoms with van der Waals surface area (Å²) in [6.45, 7) is 0.756. The Kier molecular flexibility index (Phi) is 4.55. The number of anilines is 2. The lowest BCUT2D eigenvalue weighted by molar-refractivity contribution is 0.483. The molecule has 0 fully saturated rings. The van der Waals surface area contributed by atoms with E-state index in [1.54, 1.807) is 0 Å². The molecule has 0 unspecified atom stereocenters. The van der Waals surface area contributed by atoms with Crippen LogP contribution in [0.3, 0.4) is 0 Å². The summed E-state index contributed by atoms with van der Waals surface area (Å²) >= 11 is 0. The average molecular weight is 376 g/mol. The Balaban J connectivity index is 1.42. The van der Waals surface area contributed by atoms with Crippen molar-refractivity contribution < 1.29 is 4.74 Å². The highest BCUT2D eigenvalue weighted by Crippen LogP contribution is 2.35. The third-order valence-corrected chi connectivity index (χ3v) is 4.96. The molecule has 0 N–H and O–H groups in total. The molecule has 0 saturated carbocycles. The summed E-state index contributed by atoms with van der Waals surface area (Å²) in [5.74, 6) is 1.63. The molecule has 5 rings (SSSR count). The average Bonchev–Trinajstić information content (AvgIpc) is 3.15. The Hall–Kier alpha value is -3.85. The fourth-order valence-corrected chi connectivity index (χ4v) is 3.58. The van der Waals surface area contributed by atoms with Crippen LogP contribution in [-0.2, 0) is 0 Å². The maximum absolute atomic E-state index is 5.88. The number of nitrogens with zero attached hydrogens (tertiary/aromatic N) is 2. The minimum absolute atomic E-state index is 0.756. The van der Waals surface area contributed by atoms with Crippen molar-refractivity contribution in [1.29, 1.82) is 0 Å². The van der Waals surface area contributed by atoms with Gasteiger partial charge >= 0.3 is 0 Å². The van der Waals surface area contributed by atoms with E-state index < -0.39 is 0 Å². The van der Waals surface area contributed by atoms with Gasteiger partial charge in [0.05, 0.1) is 23.6 Å². The lowest BCUT2D eigenvalue weighted by atomic mass is 10.1. The van der Waals surface area contributed by atoms with Gasteiger partial charge in [-0.25, -0.2) is 0 Å². The molecular formula is C26H20N2O. The zero-order chi connectivity index (χ0) is 19.5. The van der Waals surface area contributed by atoms with Gasteiger partial charge in [-0.15, -0.1) is 0 Å². The standard InChI is InChI=1S/C26H20N2O/c1-3-9-21(10-4-1)28-19-25(24-13-7-8-14-26(24)28)27-20-15-17-23(18-16-20)29-22-11-5-2-6-12-22/h1-18H,19H2. The van der Waals surface area contributed by atoms with E-state index >= 15 is 0 Å². The summed E-state index contributed by atoms with van der Waals surface area (Å²) in [6.07, 6.45) is 0. The minimum atomic E-state index is 0.756. The van der Waals surface area contributed by atoms with Crippen LogP contribution in [0.5, 0.6) is 11.5 Å². The maximum Gasteiger partial charge on any atom is 0.127 e. The lowest BCUT2D eigenvalue weighted by Gasteiger charge is -2.18. The third kappa shape index (κ3) is 3.63. The van der Waals surface area contributed by atoms with Gasteiger partial charge in [-0.1, -0.05) is 54.6 Å². The smallest absolute Gasteiger partial charge is 0.127 e. The first-order valence-corrected chi connectivity index (χ1v) is 9.69. The number of benzene rings is 4. The van der Waals surface area contributed by atoms with Gasteiger partial charge in [-0.2, -0.15) is 0 Å². The van der Waals surface area contributed by atoms with E-state index in [1.165, 1.54) is 16.9 Å². The monoisotopic (exact) mass is 376 g/mol. The zero-order valence-corrected chi connectivity index (χ0v) is 15.9. The van der Waals surface area contributed by atoms with Crippen LogP contribution in [0.4, 0.5) is 17.1 Å². The SMILES string of the molecule is c1ccc(Oc2ccc(N=C3CN(c4ccccc4)c4ccccc43)cc2)cc1. The van der Waals surface area contributed by atoms with Crippen LogP contribution in [0.15, 0.2) is 114 Å². The van der Waals surface area contributed by atoms with Gasteiger partial charge in [0.15, 0.2) is 0 Å². The fourth-order valence-electron chi connectivity index (χ4n) is 3.58. The number of hydrogen-bond acceptors (Lipinski definition) is 3. The second-order valence-corrected chi connectivity index (χ2v) is 6.91. The van der Waals surface area contributed by atoms with Crippen molar-refractivity contribution >= 4 is 22.8 Å². The predicted molar refractivity (Wildman–Crippen MR) is 119 cm³/mol. The van der Waals surface area contributed by atoms with Crippen LogP contribution in [-0.4, -0.2) is 12.3 Å². The van der Waals surface area contributed by atoms with E-state index in [0.29, 0.717) is 0 Å². The van der Waals surface area contributed by atoms with Gasteiger partial charge < -0.3 is 9.64 Å². The summed E-state index contributed by atoms with van der Waals surface area (Å²) in [6, 6.07) is 36.6. The van der Waals surface area contributed by atoms with E-state index in [2.05, 4.69) is 53.4 Å². The van der Waals surface area contributed by atoms with Crippen molar-refractivity contribution in [3.8, 4) is 11.5 Å². The summed E-state index contributed by atoms with van der Waals surface area (Å²) in [5, 5.41) is 0. The maximum atomic E-state index is 5.88. The van der Waals surface area contributed by atoms with Crippen molar-refractivity contribution in [2.45, 2.75) is 0 Å². The highest BCUT2D eigenvalue weighted by Gasteiger charge is 2.25. The number of ether oxygens (including phenoxy) is 1.